The van der Waals surface area contributed by atoms with Gasteiger partial charge in [0.1, 0.15) is 0 Å². The summed E-state index contributed by atoms with van der Waals surface area (Å²) in [5.74, 6) is 0. The number of aliphatic hydroxyl groups excluding tert-OH is 1. The van der Waals surface area contributed by atoms with E-state index in [1.54, 1.807) is 0 Å². The number of hydrogen-bond acceptors (Lipinski definition) is 3. The summed E-state index contributed by atoms with van der Waals surface area (Å²) in [7, 11) is 0. The number of aliphatic hydroxyl groups is 1. The van der Waals surface area contributed by atoms with Crippen LogP contribution in [0.25, 0.3) is 0 Å². The Balaban J connectivity index is 1.78. The largest absolute Gasteiger partial charge is 0.391 e. The number of benzene rings is 1. The first-order chi connectivity index (χ1) is 10.2. The summed E-state index contributed by atoms with van der Waals surface area (Å²) in [4.78, 5) is 2.49. The average molecular weight is 354 g/mol. The maximum Gasteiger partial charge on any atom is 0.0764 e. The minimum absolute atomic E-state index is 0.0426. The second-order valence-corrected chi connectivity index (χ2v) is 7.08. The number of halogens is 1. The maximum absolute atomic E-state index is 11.0. The summed E-state index contributed by atoms with van der Waals surface area (Å²) in [6.07, 6.45) is 5.09. The van der Waals surface area contributed by atoms with Crippen molar-refractivity contribution in [2.24, 2.45) is 0 Å². The standard InChI is InChI=1S/C17H24BrNO2/c18-15-6-2-1-5-14(15)13-16(20)17(7-3-4-8-17)19-9-11-21-12-10-19/h1-2,5-6,16,20H,3-4,7-13H2. The van der Waals surface area contributed by atoms with E-state index in [-0.39, 0.29) is 11.6 Å². The third-order valence-electron chi connectivity index (χ3n) is 5.10. The number of nitrogens with zero attached hydrogens (tertiary/aromatic N) is 1. The molecule has 1 atom stereocenters. The summed E-state index contributed by atoms with van der Waals surface area (Å²) < 4.78 is 6.59. The van der Waals surface area contributed by atoms with Gasteiger partial charge in [0, 0.05) is 29.5 Å². The fourth-order valence-electron chi connectivity index (χ4n) is 3.92. The lowest BCUT2D eigenvalue weighted by Gasteiger charge is -2.46. The van der Waals surface area contributed by atoms with E-state index < -0.39 is 0 Å². The van der Waals surface area contributed by atoms with Gasteiger partial charge in [0.05, 0.1) is 19.3 Å². The van der Waals surface area contributed by atoms with Crippen molar-refractivity contribution in [3.05, 3.63) is 34.3 Å². The molecule has 1 saturated heterocycles. The highest BCUT2D eigenvalue weighted by atomic mass is 79.9. The molecule has 3 nitrogen and oxygen atoms in total. The Bertz CT molecular complexity index is 468. The van der Waals surface area contributed by atoms with Crippen molar-refractivity contribution < 1.29 is 9.84 Å². The Morgan fingerprint density at radius 1 is 1.19 bits per heavy atom. The molecule has 1 aliphatic heterocycles. The first-order valence-corrected chi connectivity index (χ1v) is 8.76. The minimum Gasteiger partial charge on any atom is -0.391 e. The maximum atomic E-state index is 11.0. The summed E-state index contributed by atoms with van der Waals surface area (Å²) in [5.41, 5.74) is 1.16. The lowest BCUT2D eigenvalue weighted by atomic mass is 9.84. The molecule has 116 valence electrons. The molecule has 0 bridgehead atoms. The Kier molecular flexibility index (Phi) is 4.99. The molecule has 1 unspecified atom stereocenters. The molecular weight excluding hydrogens is 330 g/mol. The van der Waals surface area contributed by atoms with Gasteiger partial charge in [0.2, 0.25) is 0 Å². The molecule has 1 heterocycles. The average Bonchev–Trinajstić information content (AvgIpc) is 3.01. The third-order valence-corrected chi connectivity index (χ3v) is 5.88. The summed E-state index contributed by atoms with van der Waals surface area (Å²) in [5, 5.41) is 11.0. The van der Waals surface area contributed by atoms with Crippen molar-refractivity contribution in [1.82, 2.24) is 4.90 Å². The molecule has 0 aromatic heterocycles. The van der Waals surface area contributed by atoms with E-state index >= 15 is 0 Å². The van der Waals surface area contributed by atoms with Crippen LogP contribution in [-0.2, 0) is 11.2 Å². The van der Waals surface area contributed by atoms with Crippen molar-refractivity contribution in [2.45, 2.75) is 43.7 Å². The molecule has 0 amide bonds. The predicted molar refractivity (Wildman–Crippen MR) is 87.4 cm³/mol. The van der Waals surface area contributed by atoms with Crippen LogP contribution in [0, 0.1) is 0 Å². The molecule has 1 aliphatic carbocycles. The van der Waals surface area contributed by atoms with Gasteiger partial charge in [-0.3, -0.25) is 4.90 Å². The van der Waals surface area contributed by atoms with E-state index in [2.05, 4.69) is 33.0 Å². The van der Waals surface area contributed by atoms with E-state index in [1.807, 2.05) is 12.1 Å². The molecule has 1 aromatic rings. The summed E-state index contributed by atoms with van der Waals surface area (Å²) in [6.45, 7) is 3.49. The van der Waals surface area contributed by atoms with E-state index in [4.69, 9.17) is 4.74 Å². The van der Waals surface area contributed by atoms with Gasteiger partial charge in [-0.15, -0.1) is 0 Å². The van der Waals surface area contributed by atoms with Gasteiger partial charge in [0.25, 0.3) is 0 Å². The van der Waals surface area contributed by atoms with Gasteiger partial charge >= 0.3 is 0 Å². The molecule has 21 heavy (non-hydrogen) atoms. The van der Waals surface area contributed by atoms with Gasteiger partial charge in [-0.2, -0.15) is 0 Å². The van der Waals surface area contributed by atoms with Crippen molar-refractivity contribution in [3.8, 4) is 0 Å². The summed E-state index contributed by atoms with van der Waals surface area (Å²) >= 11 is 3.60. The topological polar surface area (TPSA) is 32.7 Å². The monoisotopic (exact) mass is 353 g/mol. The first kappa shape index (κ1) is 15.5. The van der Waals surface area contributed by atoms with Crippen molar-refractivity contribution >= 4 is 15.9 Å². The zero-order valence-electron chi connectivity index (χ0n) is 12.4. The molecule has 3 rings (SSSR count). The summed E-state index contributed by atoms with van der Waals surface area (Å²) in [6, 6.07) is 8.23. The number of morpholine rings is 1. The molecular formula is C17H24BrNO2. The van der Waals surface area contributed by atoms with Crippen LogP contribution in [0.2, 0.25) is 0 Å². The van der Waals surface area contributed by atoms with Crippen LogP contribution in [0.3, 0.4) is 0 Å². The Morgan fingerprint density at radius 3 is 2.52 bits per heavy atom. The molecule has 2 fully saturated rings. The number of ether oxygens (including phenoxy) is 1. The molecule has 2 aliphatic rings. The highest BCUT2D eigenvalue weighted by molar-refractivity contribution is 9.10. The second-order valence-electron chi connectivity index (χ2n) is 6.22. The fraction of sp³-hybridized carbons (Fsp3) is 0.647. The van der Waals surface area contributed by atoms with E-state index in [0.29, 0.717) is 0 Å². The first-order valence-electron chi connectivity index (χ1n) is 7.97. The molecule has 1 saturated carbocycles. The molecule has 0 radical (unpaired) electrons. The van der Waals surface area contributed by atoms with Crippen LogP contribution in [0.5, 0.6) is 0 Å². The van der Waals surface area contributed by atoms with E-state index in [9.17, 15) is 5.11 Å². The van der Waals surface area contributed by atoms with Gasteiger partial charge in [-0.25, -0.2) is 0 Å². The second kappa shape index (κ2) is 6.78. The Labute approximate surface area is 135 Å². The van der Waals surface area contributed by atoms with Crippen molar-refractivity contribution in [3.63, 3.8) is 0 Å². The van der Waals surface area contributed by atoms with E-state index in [1.165, 1.54) is 18.4 Å². The minimum atomic E-state index is -0.309. The van der Waals surface area contributed by atoms with Crippen LogP contribution in [0.15, 0.2) is 28.7 Å². The lowest BCUT2D eigenvalue weighted by Crippen LogP contribution is -2.59. The number of hydrogen-bond donors (Lipinski definition) is 1. The normalized spacial score (nSPS) is 24.1. The zero-order valence-corrected chi connectivity index (χ0v) is 14.0. The SMILES string of the molecule is OC(Cc1ccccc1Br)C1(N2CCOCC2)CCCC1. The van der Waals surface area contributed by atoms with Crippen molar-refractivity contribution in [2.75, 3.05) is 26.3 Å². The molecule has 1 aromatic carbocycles. The molecule has 0 spiro atoms. The zero-order chi connectivity index (χ0) is 14.7. The number of rotatable bonds is 4. The van der Waals surface area contributed by atoms with Crippen molar-refractivity contribution in [1.29, 1.82) is 0 Å². The quantitative estimate of drug-likeness (QED) is 0.902. The fourth-order valence-corrected chi connectivity index (χ4v) is 4.36. The Hall–Kier alpha value is -0.420. The van der Waals surface area contributed by atoms with Gasteiger partial charge < -0.3 is 9.84 Å². The van der Waals surface area contributed by atoms with Gasteiger partial charge in [-0.1, -0.05) is 47.0 Å². The molecule has 4 heteroatoms. The Morgan fingerprint density at radius 2 is 1.86 bits per heavy atom. The predicted octanol–water partition coefficient (Wildman–Crippen LogP) is 3.00. The van der Waals surface area contributed by atoms with Crippen LogP contribution in [0.1, 0.15) is 31.2 Å². The highest BCUT2D eigenvalue weighted by Crippen LogP contribution is 2.40. The third kappa shape index (κ3) is 3.19. The van der Waals surface area contributed by atoms with Gasteiger partial charge in [-0.05, 0) is 24.5 Å². The van der Waals surface area contributed by atoms with Gasteiger partial charge in [0.15, 0.2) is 0 Å². The highest BCUT2D eigenvalue weighted by Gasteiger charge is 2.45. The van der Waals surface area contributed by atoms with Crippen LogP contribution >= 0.6 is 15.9 Å². The van der Waals surface area contributed by atoms with Crippen LogP contribution in [-0.4, -0.2) is 48.0 Å². The lowest BCUT2D eigenvalue weighted by molar-refractivity contribution is -0.0754. The van der Waals surface area contributed by atoms with Crippen LogP contribution in [0.4, 0.5) is 0 Å². The smallest absolute Gasteiger partial charge is 0.0764 e. The van der Waals surface area contributed by atoms with E-state index in [0.717, 1.165) is 50.0 Å². The molecule has 1 N–H and O–H groups in total. The van der Waals surface area contributed by atoms with Crippen LogP contribution < -0.4 is 0 Å².